The summed E-state index contributed by atoms with van der Waals surface area (Å²) in [5.74, 6) is 2.60. The number of aryl methyl sites for hydroxylation is 8. The summed E-state index contributed by atoms with van der Waals surface area (Å²) in [7, 11) is 4.56. The third-order valence-electron chi connectivity index (χ3n) is 12.0. The van der Waals surface area contributed by atoms with Gasteiger partial charge in [0, 0.05) is 73.3 Å². The lowest BCUT2D eigenvalue weighted by Gasteiger charge is -1.92. The minimum Gasteiger partial charge on any atom is -0.361 e. The Morgan fingerprint density at radius 2 is 0.989 bits per heavy atom. The van der Waals surface area contributed by atoms with Crippen molar-refractivity contribution in [3.05, 3.63) is 304 Å². The molecule has 4 N–H and O–H groups in total. The zero-order chi connectivity index (χ0) is 65.2. The number of para-hydroxylation sites is 5. The van der Waals surface area contributed by atoms with Gasteiger partial charge in [-0.3, -0.25) is 9.98 Å². The minimum absolute atomic E-state index is 0. The summed E-state index contributed by atoms with van der Waals surface area (Å²) in [4.78, 5) is 34.4. The van der Waals surface area contributed by atoms with Crippen LogP contribution in [0.5, 0.6) is 0 Å². The first-order valence-electron chi connectivity index (χ1n) is 28.0. The summed E-state index contributed by atoms with van der Waals surface area (Å²) in [6.45, 7) is 31.2. The van der Waals surface area contributed by atoms with Crippen LogP contribution in [0.3, 0.4) is 0 Å². The summed E-state index contributed by atoms with van der Waals surface area (Å²) in [5, 5.41) is 9.74. The summed E-state index contributed by atoms with van der Waals surface area (Å²) in [5.41, 5.74) is 17.2. The van der Waals surface area contributed by atoms with E-state index in [0.717, 1.165) is 74.8 Å². The number of aromatic nitrogens is 7. The second-order valence-corrected chi connectivity index (χ2v) is 18.2. The maximum absolute atomic E-state index is 8.47. The van der Waals surface area contributed by atoms with E-state index >= 15 is 0 Å². The number of H-pyrrole nitrogens is 4. The Morgan fingerprint density at radius 3 is 1.28 bits per heavy atom. The van der Waals surface area contributed by atoms with Crippen LogP contribution in [-0.4, -0.2) is 43.5 Å². The SMILES string of the molecule is C.C#Cc1ccccc1C.C1=Nc2ccccc2C1.C1=Nc2ccccc2C1.CC.Cc1c[nH]c[n+]1C.Cc1ccccc1C#N.Cc1cnc[nH]1.Cc1cnc[nH]1.P=S.[2H]S.[C-]#[N+]c1ccccc1C.[C-]#[N+]c1ccccc1C.c1ccc2[nH]ccc2c1. The van der Waals surface area contributed by atoms with Gasteiger partial charge in [-0.2, -0.15) is 18.7 Å². The van der Waals surface area contributed by atoms with Gasteiger partial charge in [0.2, 0.25) is 6.33 Å². The van der Waals surface area contributed by atoms with Crippen molar-refractivity contribution in [2.75, 3.05) is 0 Å². The van der Waals surface area contributed by atoms with Crippen LogP contribution in [0.2, 0.25) is 0 Å². The van der Waals surface area contributed by atoms with Crippen molar-refractivity contribution in [1.29, 1.82) is 6.39 Å². The van der Waals surface area contributed by atoms with Crippen LogP contribution in [-0.2, 0) is 31.7 Å². The predicted molar refractivity (Wildman–Crippen MR) is 382 cm³/mol. The molecule has 0 amide bonds. The Morgan fingerprint density at radius 1 is 0.580 bits per heavy atom. The number of nitrogens with one attached hydrogen (secondary N) is 4. The molecular formula is C73H84N12PS2+. The molecule has 0 saturated heterocycles. The third kappa shape index (κ3) is 31.2. The topological polar surface area (TPSA) is 150 Å². The van der Waals surface area contributed by atoms with Gasteiger partial charge in [-0.25, -0.2) is 29.2 Å². The van der Waals surface area contributed by atoms with Crippen LogP contribution in [0.25, 0.3) is 20.6 Å². The summed E-state index contributed by atoms with van der Waals surface area (Å²) >= 11 is 6.67. The van der Waals surface area contributed by atoms with Crippen LogP contribution in [0.1, 0.15) is 82.9 Å². The third-order valence-corrected chi connectivity index (χ3v) is 12.0. The van der Waals surface area contributed by atoms with Crippen LogP contribution < -0.4 is 4.57 Å². The molecule has 7 aromatic carbocycles. The highest BCUT2D eigenvalue weighted by Gasteiger charge is 2.03. The fourth-order valence-corrected chi connectivity index (χ4v) is 7.03. The van der Waals surface area contributed by atoms with E-state index in [1.54, 1.807) is 25.0 Å². The van der Waals surface area contributed by atoms with Gasteiger partial charge >= 0.3 is 0 Å². The minimum atomic E-state index is 0. The molecule has 6 heterocycles. The zero-order valence-electron chi connectivity index (χ0n) is 52.4. The quantitative estimate of drug-likeness (QED) is 0.0517. The molecule has 12 nitrogen and oxygen atoms in total. The summed E-state index contributed by atoms with van der Waals surface area (Å²) in [6.07, 6.45) is 23.8. The largest absolute Gasteiger partial charge is 0.361 e. The number of rotatable bonds is 0. The van der Waals surface area contributed by atoms with Crippen molar-refractivity contribution in [1.82, 2.24) is 29.9 Å². The first-order chi connectivity index (χ1) is 42.9. The predicted octanol–water partition coefficient (Wildman–Crippen LogP) is 18.9. The molecule has 0 unspecified atom stereocenters. The number of aromatic amines is 4. The van der Waals surface area contributed by atoms with E-state index < -0.39 is 0 Å². The molecule has 0 bridgehead atoms. The van der Waals surface area contributed by atoms with Gasteiger partial charge < -0.3 is 15.0 Å². The monoisotopic (exact) mass is 1220 g/mol. The number of hydrogen-bond donors (Lipinski definition) is 4. The van der Waals surface area contributed by atoms with E-state index in [4.69, 9.17) is 26.0 Å². The van der Waals surface area contributed by atoms with E-state index in [-0.39, 0.29) is 7.43 Å². The summed E-state index contributed by atoms with van der Waals surface area (Å²) < 4.78 is 7.47. The lowest BCUT2D eigenvalue weighted by Crippen LogP contribution is -2.27. The second kappa shape index (κ2) is 48.2. The van der Waals surface area contributed by atoms with Crippen molar-refractivity contribution < 1.29 is 4.57 Å². The molecule has 0 fully saturated rings. The molecule has 15 heteroatoms. The van der Waals surface area contributed by atoms with Gasteiger partial charge in [-0.15, -0.1) is 6.42 Å². The van der Waals surface area contributed by atoms with Crippen LogP contribution in [0.4, 0.5) is 22.7 Å². The first kappa shape index (κ1) is 76.0. The number of nitriles is 1. The van der Waals surface area contributed by atoms with Crippen molar-refractivity contribution in [2.24, 2.45) is 17.0 Å². The Hall–Kier alpha value is -10.1. The van der Waals surface area contributed by atoms with Crippen LogP contribution >= 0.6 is 21.4 Å². The highest BCUT2D eigenvalue weighted by atomic mass is 32.4. The lowest BCUT2D eigenvalue weighted by atomic mass is 10.1. The average Bonchev–Trinajstić information content (AvgIpc) is 4.63. The first-order valence-corrected chi connectivity index (χ1v) is 29.2. The smallest absolute Gasteiger partial charge is 0.241 e. The summed E-state index contributed by atoms with van der Waals surface area (Å²) in [6, 6.07) is 59.4. The van der Waals surface area contributed by atoms with Gasteiger partial charge in [0.15, 0.2) is 11.4 Å². The Labute approximate surface area is 539 Å². The van der Waals surface area contributed by atoms with Crippen LogP contribution in [0, 0.1) is 85.3 Å². The molecule has 2 aliphatic heterocycles. The van der Waals surface area contributed by atoms with Crippen LogP contribution in [0.15, 0.2) is 230 Å². The fourth-order valence-electron chi connectivity index (χ4n) is 7.03. The molecule has 88 heavy (non-hydrogen) atoms. The molecule has 0 spiro atoms. The molecule has 4 aromatic heterocycles. The van der Waals surface area contributed by atoms with Crippen molar-refractivity contribution in [3.63, 3.8) is 0 Å². The molecule has 0 saturated carbocycles. The van der Waals surface area contributed by atoms with Crippen molar-refractivity contribution >= 4 is 79.3 Å². The maximum atomic E-state index is 8.47. The van der Waals surface area contributed by atoms with Crippen molar-refractivity contribution in [2.45, 2.75) is 82.6 Å². The molecule has 0 aliphatic carbocycles. The van der Waals surface area contributed by atoms with E-state index in [0.29, 0.717) is 0 Å². The van der Waals surface area contributed by atoms with E-state index in [1.807, 2.05) is 244 Å². The van der Waals surface area contributed by atoms with E-state index in [1.165, 1.54) is 33.3 Å². The van der Waals surface area contributed by atoms with E-state index in [9.17, 15) is 0 Å². The Kier molecular flexibility index (Phi) is 41.6. The molecule has 0 radical (unpaired) electrons. The average molecular weight is 1230 g/mol. The molecule has 13 rings (SSSR count). The van der Waals surface area contributed by atoms with Gasteiger partial charge in [0.1, 0.15) is 11.9 Å². The Balaban J connectivity index is 0.000000959. The highest BCUT2D eigenvalue weighted by Crippen LogP contribution is 2.23. The fraction of sp³-hybridized carbons (Fsp3) is 0.178. The number of hydrogen-bond acceptors (Lipinski definition) is 6. The Bertz CT molecular complexity index is 3490. The van der Waals surface area contributed by atoms with Crippen molar-refractivity contribution in [3.8, 4) is 18.4 Å². The van der Waals surface area contributed by atoms with E-state index in [2.05, 4.69) is 132 Å². The molecule has 0 atom stereocenters. The number of terminal acetylenes is 1. The number of nitrogens with zero attached hydrogens (tertiary/aromatic N) is 8. The normalized spacial score (nSPS) is 9.47. The second-order valence-electron chi connectivity index (χ2n) is 18.2. The molecular weight excluding hydrogens is 1140 g/mol. The number of benzene rings is 7. The van der Waals surface area contributed by atoms with Gasteiger partial charge in [0.05, 0.1) is 57.0 Å². The number of imidazole rings is 3. The van der Waals surface area contributed by atoms with Gasteiger partial charge in [-0.1, -0.05) is 179 Å². The lowest BCUT2D eigenvalue weighted by molar-refractivity contribution is -0.676. The molecule has 452 valence electrons. The molecule has 2 aliphatic rings. The highest BCUT2D eigenvalue weighted by molar-refractivity contribution is 7.88. The maximum Gasteiger partial charge on any atom is 0.241 e. The van der Waals surface area contributed by atoms with Gasteiger partial charge in [-0.05, 0) is 125 Å². The molecule has 11 aromatic rings. The number of aliphatic imine (C=N–C) groups is 2. The zero-order valence-corrected chi connectivity index (χ0v) is 54.1. The standard InChI is InChI=1S/C9H8.6C8H7N.C5H8N2.2C4H6N2.C2H6.CH4.HPS.H2S/c1-3-9-7-5-4-6-8(9)2;3*1-2-4-8-7(3-1)5-6-9-8;2*1-7-5-3-4-6-8(7)9-2;1-7-4-2-3-5-8(7)6-9;1-5-3-6-4-7(5)2;2*1-4-2-5-3-6-4;1-2;;1-2;/h1,4-7H,2H3;2*1-4,6H,5H2;1-6,9H;2*3-6H,1H3;2-5H,1H3;3-4H,1-2H3;2*2-3H,1H3,(H,5,6);1-2H3;1H4;1H;1H2/p+1/i/hD. The van der Waals surface area contributed by atoms with Gasteiger partial charge in [0.25, 0.3) is 0 Å². The number of fused-ring (bicyclic) bond motifs is 3.